The van der Waals surface area contributed by atoms with Crippen molar-refractivity contribution in [2.45, 2.75) is 39.3 Å². The summed E-state index contributed by atoms with van der Waals surface area (Å²) in [7, 11) is 0. The van der Waals surface area contributed by atoms with Gasteiger partial charge in [-0.25, -0.2) is 4.79 Å². The van der Waals surface area contributed by atoms with E-state index in [1.807, 2.05) is 51.1 Å². The maximum absolute atomic E-state index is 11.8. The van der Waals surface area contributed by atoms with Gasteiger partial charge in [0.25, 0.3) is 0 Å². The highest BCUT2D eigenvalue weighted by Gasteiger charge is 2.16. The molecular formula is C15H21N2O3-. The van der Waals surface area contributed by atoms with Crippen LogP contribution in [0, 0.1) is 5.92 Å². The second-order valence-corrected chi connectivity index (χ2v) is 5.25. The fourth-order valence-corrected chi connectivity index (χ4v) is 1.91. The van der Waals surface area contributed by atoms with Gasteiger partial charge in [0.2, 0.25) is 0 Å². The minimum absolute atomic E-state index is 0.157. The third-order valence-corrected chi connectivity index (χ3v) is 2.94. The summed E-state index contributed by atoms with van der Waals surface area (Å²) in [5, 5.41) is 16.1. The van der Waals surface area contributed by atoms with Crippen molar-refractivity contribution in [2.75, 3.05) is 0 Å². The monoisotopic (exact) mass is 277 g/mol. The molecule has 2 atom stereocenters. The molecule has 110 valence electrons. The first-order valence-corrected chi connectivity index (χ1v) is 6.73. The molecule has 0 aromatic heterocycles. The number of aliphatic carboxylic acids is 1. The Morgan fingerprint density at radius 2 is 1.70 bits per heavy atom. The van der Waals surface area contributed by atoms with Crippen LogP contribution in [0.5, 0.6) is 0 Å². The van der Waals surface area contributed by atoms with Crippen molar-refractivity contribution in [3.8, 4) is 0 Å². The first-order chi connectivity index (χ1) is 9.40. The number of carboxylic acid groups (broad SMARTS) is 1. The van der Waals surface area contributed by atoms with Gasteiger partial charge in [-0.15, -0.1) is 0 Å². The zero-order valence-corrected chi connectivity index (χ0v) is 12.1. The zero-order chi connectivity index (χ0) is 15.1. The van der Waals surface area contributed by atoms with Gasteiger partial charge in [0, 0.05) is 0 Å². The molecule has 0 saturated carbocycles. The largest absolute Gasteiger partial charge is 0.548 e. The maximum Gasteiger partial charge on any atom is 0.315 e. The molecule has 1 aromatic rings. The number of carbonyl (C=O) groups excluding carboxylic acids is 2. The molecule has 5 heteroatoms. The summed E-state index contributed by atoms with van der Waals surface area (Å²) in [6, 6.07) is 7.78. The van der Waals surface area contributed by atoms with E-state index in [0.717, 1.165) is 5.56 Å². The highest BCUT2D eigenvalue weighted by atomic mass is 16.4. The number of benzene rings is 1. The molecule has 20 heavy (non-hydrogen) atoms. The second kappa shape index (κ2) is 7.53. The van der Waals surface area contributed by atoms with Crippen LogP contribution in [0.1, 0.15) is 38.8 Å². The van der Waals surface area contributed by atoms with E-state index in [9.17, 15) is 14.7 Å². The Hall–Kier alpha value is -2.04. The number of carboxylic acids is 1. The lowest BCUT2D eigenvalue weighted by Crippen LogP contribution is -2.51. The Bertz CT molecular complexity index is 446. The third kappa shape index (κ3) is 5.30. The molecule has 1 aromatic carbocycles. The molecule has 1 rings (SSSR count). The van der Waals surface area contributed by atoms with E-state index < -0.39 is 18.0 Å². The van der Waals surface area contributed by atoms with Crippen LogP contribution in [0.3, 0.4) is 0 Å². The van der Waals surface area contributed by atoms with E-state index in [4.69, 9.17) is 0 Å². The number of hydrogen-bond donors (Lipinski definition) is 2. The van der Waals surface area contributed by atoms with Crippen molar-refractivity contribution in [1.82, 2.24) is 10.6 Å². The van der Waals surface area contributed by atoms with Crippen LogP contribution < -0.4 is 15.7 Å². The van der Waals surface area contributed by atoms with Gasteiger partial charge in [0.1, 0.15) is 0 Å². The molecule has 2 N–H and O–H groups in total. The van der Waals surface area contributed by atoms with Gasteiger partial charge in [-0.1, -0.05) is 44.2 Å². The summed E-state index contributed by atoms with van der Waals surface area (Å²) in [6.45, 7) is 5.62. The number of amides is 2. The summed E-state index contributed by atoms with van der Waals surface area (Å²) < 4.78 is 0. The van der Waals surface area contributed by atoms with Gasteiger partial charge in [-0.05, 0) is 24.8 Å². The van der Waals surface area contributed by atoms with Crippen LogP contribution >= 0.6 is 0 Å². The first kappa shape index (κ1) is 16.0. The van der Waals surface area contributed by atoms with Gasteiger partial charge in [-0.2, -0.15) is 0 Å². The van der Waals surface area contributed by atoms with E-state index in [-0.39, 0.29) is 12.0 Å². The first-order valence-electron chi connectivity index (χ1n) is 6.73. The van der Waals surface area contributed by atoms with Crippen LogP contribution in [0.2, 0.25) is 0 Å². The fraction of sp³-hybridized carbons (Fsp3) is 0.467. The minimum atomic E-state index is -1.26. The zero-order valence-electron chi connectivity index (χ0n) is 12.1. The van der Waals surface area contributed by atoms with Crippen molar-refractivity contribution in [2.24, 2.45) is 5.92 Å². The average molecular weight is 277 g/mol. The van der Waals surface area contributed by atoms with Gasteiger partial charge >= 0.3 is 6.03 Å². The Balaban J connectivity index is 2.55. The average Bonchev–Trinajstić information content (AvgIpc) is 2.38. The van der Waals surface area contributed by atoms with E-state index in [1.165, 1.54) is 0 Å². The smallest absolute Gasteiger partial charge is 0.315 e. The molecule has 0 aliphatic heterocycles. The summed E-state index contributed by atoms with van der Waals surface area (Å²) in [5.41, 5.74) is 0.955. The lowest BCUT2D eigenvalue weighted by Gasteiger charge is -2.23. The molecule has 0 spiro atoms. The van der Waals surface area contributed by atoms with Gasteiger partial charge in [0.15, 0.2) is 0 Å². The predicted octanol–water partition coefficient (Wildman–Crippen LogP) is 1.21. The second-order valence-electron chi connectivity index (χ2n) is 5.25. The molecule has 0 aliphatic rings. The van der Waals surface area contributed by atoms with Crippen LogP contribution in [0.15, 0.2) is 30.3 Å². The highest BCUT2D eigenvalue weighted by Crippen LogP contribution is 2.11. The Morgan fingerprint density at radius 3 is 2.20 bits per heavy atom. The number of rotatable bonds is 6. The standard InChI is InChI=1S/C15H22N2O3/c1-10(2)9-13(14(18)19)17-15(20)16-11(3)12-7-5-4-6-8-12/h4-8,10-11,13H,9H2,1-3H3,(H,18,19)(H2,16,17,20)/p-1/t11-,13-/m1/s1. The van der Waals surface area contributed by atoms with Crippen LogP contribution in [-0.2, 0) is 4.79 Å². The molecule has 0 heterocycles. The summed E-state index contributed by atoms with van der Waals surface area (Å²) in [4.78, 5) is 22.8. The topological polar surface area (TPSA) is 81.3 Å². The Morgan fingerprint density at radius 1 is 1.10 bits per heavy atom. The van der Waals surface area contributed by atoms with Crippen molar-refractivity contribution >= 4 is 12.0 Å². The number of nitrogens with one attached hydrogen (secondary N) is 2. The van der Waals surface area contributed by atoms with Crippen LogP contribution in [0.4, 0.5) is 4.79 Å². The maximum atomic E-state index is 11.8. The molecule has 0 saturated heterocycles. The summed E-state index contributed by atoms with van der Waals surface area (Å²) >= 11 is 0. The van der Waals surface area contributed by atoms with E-state index in [2.05, 4.69) is 10.6 Å². The highest BCUT2D eigenvalue weighted by molar-refractivity contribution is 5.81. The molecule has 0 unspecified atom stereocenters. The predicted molar refractivity (Wildman–Crippen MR) is 74.8 cm³/mol. The molecule has 0 fully saturated rings. The Kier molecular flexibility index (Phi) is 6.03. The van der Waals surface area contributed by atoms with Crippen molar-refractivity contribution in [3.05, 3.63) is 35.9 Å². The molecular weight excluding hydrogens is 256 g/mol. The minimum Gasteiger partial charge on any atom is -0.548 e. The van der Waals surface area contributed by atoms with Gasteiger partial charge in [-0.3, -0.25) is 0 Å². The van der Waals surface area contributed by atoms with Gasteiger partial charge in [0.05, 0.1) is 18.1 Å². The molecule has 0 radical (unpaired) electrons. The number of carbonyl (C=O) groups is 2. The molecule has 0 bridgehead atoms. The van der Waals surface area contributed by atoms with Crippen molar-refractivity contribution in [3.63, 3.8) is 0 Å². The number of hydrogen-bond acceptors (Lipinski definition) is 3. The summed E-state index contributed by atoms with van der Waals surface area (Å²) in [5.74, 6) is -1.11. The number of urea groups is 1. The van der Waals surface area contributed by atoms with E-state index in [0.29, 0.717) is 6.42 Å². The van der Waals surface area contributed by atoms with Crippen molar-refractivity contribution < 1.29 is 14.7 Å². The van der Waals surface area contributed by atoms with E-state index >= 15 is 0 Å². The molecule has 2 amide bonds. The van der Waals surface area contributed by atoms with Crippen LogP contribution in [0.25, 0.3) is 0 Å². The van der Waals surface area contributed by atoms with Gasteiger partial charge < -0.3 is 20.5 Å². The molecule has 0 aliphatic carbocycles. The third-order valence-electron chi connectivity index (χ3n) is 2.94. The van der Waals surface area contributed by atoms with E-state index in [1.54, 1.807) is 0 Å². The lowest BCUT2D eigenvalue weighted by molar-refractivity contribution is -0.308. The SMILES string of the molecule is CC(C)C[C@@H](NC(=O)N[C@H](C)c1ccccc1)C(=O)[O-]. The summed E-state index contributed by atoms with van der Waals surface area (Å²) in [6.07, 6.45) is 0.343. The van der Waals surface area contributed by atoms with Crippen molar-refractivity contribution in [1.29, 1.82) is 0 Å². The quantitative estimate of drug-likeness (QED) is 0.820. The fourth-order valence-electron chi connectivity index (χ4n) is 1.91. The lowest BCUT2D eigenvalue weighted by atomic mass is 10.0. The Labute approximate surface area is 119 Å². The van der Waals surface area contributed by atoms with Crippen LogP contribution in [-0.4, -0.2) is 18.0 Å². The normalized spacial score (nSPS) is 13.6. The molecule has 5 nitrogen and oxygen atoms in total.